The lowest BCUT2D eigenvalue weighted by Gasteiger charge is -2.34. The molecule has 0 atom stereocenters. The molecule has 1 aliphatic heterocycles. The Kier molecular flexibility index (Phi) is 7.97. The maximum atomic E-state index is 13.2. The van der Waals surface area contributed by atoms with Crippen LogP contribution < -0.4 is 15.1 Å². The van der Waals surface area contributed by atoms with Gasteiger partial charge in [-0.2, -0.15) is 13.2 Å². The Labute approximate surface area is 239 Å². The van der Waals surface area contributed by atoms with Crippen LogP contribution in [0.15, 0.2) is 77.0 Å². The minimum absolute atomic E-state index is 0.0282. The number of rotatable bonds is 5. The number of nitrogens with zero attached hydrogens (tertiary/aromatic N) is 4. The number of anilines is 2. The first-order chi connectivity index (χ1) is 19.1. The Balaban J connectivity index is 1.30. The largest absolute Gasteiger partial charge is 0.493 e. The van der Waals surface area contributed by atoms with Crippen molar-refractivity contribution in [3.8, 4) is 5.88 Å². The Bertz CT molecular complexity index is 1580. The minimum Gasteiger partial charge on any atom is -0.493 e. The van der Waals surface area contributed by atoms with E-state index in [-0.39, 0.29) is 11.0 Å². The molecule has 208 valence electrons. The lowest BCUT2D eigenvalue weighted by atomic mass is 10.1. The van der Waals surface area contributed by atoms with Crippen LogP contribution in [-0.2, 0) is 12.8 Å². The minimum atomic E-state index is -4.38. The van der Waals surface area contributed by atoms with Crippen LogP contribution in [0.3, 0.4) is 0 Å². The summed E-state index contributed by atoms with van der Waals surface area (Å²) in [5.74, 6) is -0.0282. The van der Waals surface area contributed by atoms with Crippen LogP contribution in [0.1, 0.15) is 11.1 Å². The van der Waals surface area contributed by atoms with E-state index in [0.29, 0.717) is 49.2 Å². The third-order valence-electron chi connectivity index (χ3n) is 7.06. The zero-order valence-corrected chi connectivity index (χ0v) is 23.1. The predicted molar refractivity (Wildman–Crippen MR) is 155 cm³/mol. The lowest BCUT2D eigenvalue weighted by molar-refractivity contribution is -0.923. The molecule has 2 heterocycles. The molecule has 1 fully saturated rings. The number of thiocarbonyl (C=S) groups is 1. The first-order valence-corrected chi connectivity index (χ1v) is 13.4. The number of nitrogens with one attached hydrogen (secondary N) is 2. The molecule has 0 radical (unpaired) electrons. The van der Waals surface area contributed by atoms with Crippen LogP contribution in [0.5, 0.6) is 5.88 Å². The van der Waals surface area contributed by atoms with E-state index in [1.165, 1.54) is 17.0 Å². The van der Waals surface area contributed by atoms with E-state index >= 15 is 0 Å². The van der Waals surface area contributed by atoms with E-state index < -0.39 is 11.7 Å². The van der Waals surface area contributed by atoms with E-state index in [2.05, 4.69) is 15.5 Å². The maximum Gasteiger partial charge on any atom is 0.416 e. The number of azo groups is 1. The zero-order chi connectivity index (χ0) is 28.4. The van der Waals surface area contributed by atoms with Crippen molar-refractivity contribution in [1.29, 1.82) is 0 Å². The first kappa shape index (κ1) is 27.9. The number of alkyl halides is 3. The van der Waals surface area contributed by atoms with Gasteiger partial charge in [-0.3, -0.25) is 4.57 Å². The highest BCUT2D eigenvalue weighted by molar-refractivity contribution is 7.80. The van der Waals surface area contributed by atoms with Crippen LogP contribution in [-0.4, -0.2) is 41.0 Å². The average molecular weight is 588 g/mol. The number of piperazine rings is 1. The van der Waals surface area contributed by atoms with Gasteiger partial charge in [0, 0.05) is 21.8 Å². The fourth-order valence-electron chi connectivity index (χ4n) is 4.85. The summed E-state index contributed by atoms with van der Waals surface area (Å²) in [4.78, 5) is 3.14. The molecule has 4 aromatic rings. The van der Waals surface area contributed by atoms with Crippen molar-refractivity contribution >= 4 is 56.9 Å². The van der Waals surface area contributed by atoms with Crippen molar-refractivity contribution in [2.75, 3.05) is 36.4 Å². The first-order valence-electron chi connectivity index (χ1n) is 12.7. The van der Waals surface area contributed by atoms with E-state index in [1.807, 2.05) is 42.2 Å². The van der Waals surface area contributed by atoms with Gasteiger partial charge in [0.15, 0.2) is 12.4 Å². The van der Waals surface area contributed by atoms with Crippen LogP contribution in [0, 0.1) is 6.92 Å². The van der Waals surface area contributed by atoms with E-state index in [4.69, 9.17) is 23.8 Å². The highest BCUT2D eigenvalue weighted by atomic mass is 35.5. The van der Waals surface area contributed by atoms with Crippen LogP contribution in [0.2, 0.25) is 5.02 Å². The van der Waals surface area contributed by atoms with Crippen molar-refractivity contribution in [3.63, 3.8) is 0 Å². The molecule has 12 heteroatoms. The van der Waals surface area contributed by atoms with Gasteiger partial charge < -0.3 is 20.2 Å². The van der Waals surface area contributed by atoms with Gasteiger partial charge in [-0.05, 0) is 61.1 Å². The second-order valence-electron chi connectivity index (χ2n) is 9.60. The number of quaternary nitrogens is 1. The fourth-order valence-corrected chi connectivity index (χ4v) is 5.18. The summed E-state index contributed by atoms with van der Waals surface area (Å²) in [5, 5.41) is 24.0. The molecular weight excluding hydrogens is 561 g/mol. The van der Waals surface area contributed by atoms with Crippen molar-refractivity contribution < 1.29 is 23.2 Å². The number of benzene rings is 3. The van der Waals surface area contributed by atoms with Gasteiger partial charge in [-0.15, -0.1) is 10.2 Å². The molecule has 0 bridgehead atoms. The van der Waals surface area contributed by atoms with Crippen LogP contribution in [0.4, 0.5) is 30.2 Å². The second-order valence-corrected chi connectivity index (χ2v) is 10.4. The number of aromatic nitrogens is 1. The monoisotopic (exact) mass is 587 g/mol. The summed E-state index contributed by atoms with van der Waals surface area (Å²) in [5.41, 5.74) is 2.56. The normalized spacial score (nSPS) is 14.8. The van der Waals surface area contributed by atoms with Crippen molar-refractivity contribution in [1.82, 2.24) is 4.57 Å². The summed E-state index contributed by atoms with van der Waals surface area (Å²) in [6.45, 7) is 4.88. The summed E-state index contributed by atoms with van der Waals surface area (Å²) >= 11 is 11.5. The SMILES string of the molecule is Cc1c(Cl)cccc1NC(=S)N=Nc1c(O)n(C[NH+]2CCN(c3cccc(C(F)(F)F)c3)CC2)c2ccccc12. The van der Waals surface area contributed by atoms with Gasteiger partial charge >= 0.3 is 6.18 Å². The second kappa shape index (κ2) is 11.4. The summed E-state index contributed by atoms with van der Waals surface area (Å²) in [7, 11) is 0. The topological polar surface area (TPSA) is 69.6 Å². The molecular formula is C28H27ClF3N6OS+. The highest BCUT2D eigenvalue weighted by Gasteiger charge is 2.31. The van der Waals surface area contributed by atoms with Gasteiger partial charge in [-0.25, -0.2) is 0 Å². The molecule has 40 heavy (non-hydrogen) atoms. The molecule has 0 saturated carbocycles. The van der Waals surface area contributed by atoms with Gasteiger partial charge in [0.1, 0.15) is 0 Å². The number of para-hydroxylation sites is 1. The molecule has 0 aliphatic carbocycles. The molecule has 1 saturated heterocycles. The van der Waals surface area contributed by atoms with Crippen molar-refractivity contribution in [3.05, 3.63) is 82.9 Å². The number of halogens is 4. The third kappa shape index (κ3) is 5.91. The zero-order valence-electron chi connectivity index (χ0n) is 21.5. The van der Waals surface area contributed by atoms with Gasteiger partial charge in [0.05, 0.1) is 37.3 Å². The Morgan fingerprint density at radius 1 is 1.07 bits per heavy atom. The van der Waals surface area contributed by atoms with E-state index in [9.17, 15) is 18.3 Å². The molecule has 5 rings (SSSR count). The summed E-state index contributed by atoms with van der Waals surface area (Å²) < 4.78 is 41.3. The molecule has 0 spiro atoms. The van der Waals surface area contributed by atoms with Gasteiger partial charge in [-0.1, -0.05) is 41.9 Å². The van der Waals surface area contributed by atoms with Crippen molar-refractivity contribution in [2.24, 2.45) is 10.2 Å². The molecule has 3 N–H and O–H groups in total. The molecule has 0 amide bonds. The Hall–Kier alpha value is -3.67. The molecule has 1 aliphatic rings. The van der Waals surface area contributed by atoms with Crippen LogP contribution >= 0.6 is 23.8 Å². The maximum absolute atomic E-state index is 13.2. The number of hydrogen-bond donors (Lipinski definition) is 3. The molecule has 1 aromatic heterocycles. The van der Waals surface area contributed by atoms with Gasteiger partial charge in [0.2, 0.25) is 11.0 Å². The Morgan fingerprint density at radius 3 is 2.55 bits per heavy atom. The highest BCUT2D eigenvalue weighted by Crippen LogP contribution is 2.38. The summed E-state index contributed by atoms with van der Waals surface area (Å²) in [6.07, 6.45) is -4.38. The number of aromatic hydroxyl groups is 1. The molecule has 0 unspecified atom stereocenters. The quantitative estimate of drug-likeness (QED) is 0.193. The number of hydrogen-bond acceptors (Lipinski definition) is 4. The number of fused-ring (bicyclic) bond motifs is 1. The van der Waals surface area contributed by atoms with E-state index in [0.717, 1.165) is 28.2 Å². The lowest BCUT2D eigenvalue weighted by Crippen LogP contribution is -3.14. The van der Waals surface area contributed by atoms with E-state index in [1.54, 1.807) is 22.8 Å². The third-order valence-corrected chi connectivity index (χ3v) is 7.65. The summed E-state index contributed by atoms with van der Waals surface area (Å²) in [6, 6.07) is 18.3. The van der Waals surface area contributed by atoms with Crippen molar-refractivity contribution in [2.45, 2.75) is 19.8 Å². The standard InChI is InChI=1S/C28H26ClF3N6OS/c1-18-22(29)9-5-10-23(18)33-27(40)35-34-25-21-8-2-3-11-24(21)38(26(25)39)17-36-12-14-37(15-13-36)20-7-4-6-19(16-20)28(30,31)32/h2-11,16,39H,12-15,17H2,1H3,(H,33,40)/p+1. The molecule has 3 aromatic carbocycles. The Morgan fingerprint density at radius 2 is 1.80 bits per heavy atom. The average Bonchev–Trinajstić information content (AvgIpc) is 3.20. The molecule has 7 nitrogen and oxygen atoms in total. The van der Waals surface area contributed by atoms with Crippen LogP contribution in [0.25, 0.3) is 10.9 Å². The smallest absolute Gasteiger partial charge is 0.416 e. The van der Waals surface area contributed by atoms with Gasteiger partial charge in [0.25, 0.3) is 0 Å². The predicted octanol–water partition coefficient (Wildman–Crippen LogP) is 6.17. The fraction of sp³-hybridized carbons (Fsp3) is 0.250.